The van der Waals surface area contributed by atoms with Crippen LogP contribution in [-0.2, 0) is 10.0 Å². The van der Waals surface area contributed by atoms with Crippen molar-refractivity contribution in [1.29, 1.82) is 0 Å². The molecule has 0 bridgehead atoms. The largest absolute Gasteiger partial charge is 0.497 e. The summed E-state index contributed by atoms with van der Waals surface area (Å²) < 4.78 is 34.2. The lowest BCUT2D eigenvalue weighted by molar-refractivity contribution is 0.185. The van der Waals surface area contributed by atoms with E-state index in [-0.39, 0.29) is 16.9 Å². The number of sulfonamides is 1. The molecule has 0 unspecified atom stereocenters. The van der Waals surface area contributed by atoms with E-state index in [1.165, 1.54) is 24.5 Å². The van der Waals surface area contributed by atoms with Crippen LogP contribution in [0.25, 0.3) is 10.4 Å². The highest BCUT2D eigenvalue weighted by Gasteiger charge is 2.28. The second kappa shape index (κ2) is 9.13. The minimum atomic E-state index is -3.78. The van der Waals surface area contributed by atoms with E-state index >= 15 is 0 Å². The Kier molecular flexibility index (Phi) is 6.92. The summed E-state index contributed by atoms with van der Waals surface area (Å²) in [6.07, 6.45) is 3.96. The molecule has 1 aliphatic carbocycles. The Hall–Kier alpha value is -2.17. The number of hydrogen-bond donors (Lipinski definition) is 3. The number of amides is 1. The van der Waals surface area contributed by atoms with Crippen LogP contribution in [0.3, 0.4) is 0 Å². The van der Waals surface area contributed by atoms with Crippen LogP contribution in [0.4, 0.5) is 4.79 Å². The minimum absolute atomic E-state index is 0.0185. The highest BCUT2D eigenvalue weighted by molar-refractivity contribution is 7.89. The van der Waals surface area contributed by atoms with Gasteiger partial charge in [0.15, 0.2) is 0 Å². The van der Waals surface area contributed by atoms with Gasteiger partial charge >= 0.3 is 6.09 Å². The lowest BCUT2D eigenvalue weighted by Crippen LogP contribution is -2.40. The maximum absolute atomic E-state index is 13.1. The van der Waals surface area contributed by atoms with Crippen LogP contribution in [0, 0.1) is 0 Å². The molecule has 1 heterocycles. The molecule has 1 aliphatic rings. The van der Waals surface area contributed by atoms with E-state index in [1.807, 2.05) is 0 Å². The van der Waals surface area contributed by atoms with Crippen LogP contribution >= 0.6 is 11.3 Å². The Labute approximate surface area is 187 Å². The van der Waals surface area contributed by atoms with E-state index in [9.17, 15) is 13.2 Å². The molecular formula is C21H29N3O5S2. The number of carbonyl (C=O) groups is 1. The highest BCUT2D eigenvalue weighted by atomic mass is 32.2. The maximum Gasteiger partial charge on any atom is 0.404 e. The van der Waals surface area contributed by atoms with E-state index in [2.05, 4.69) is 15.0 Å². The van der Waals surface area contributed by atoms with Crippen LogP contribution in [0.2, 0.25) is 0 Å². The fraction of sp³-hybridized carbons (Fsp3) is 0.524. The molecule has 10 heteroatoms. The van der Waals surface area contributed by atoms with Crippen molar-refractivity contribution in [2.75, 3.05) is 7.11 Å². The van der Waals surface area contributed by atoms with Gasteiger partial charge in [0.1, 0.15) is 5.75 Å². The standard InChI is InChI=1S/C21H29N3O5S2/c1-21(2,3)24-31(27,28)18-11-15(29-4)9-10-16(18)17-12-22-19(30-17)13-5-7-14(8-6-13)23-20(25)26/h9-14,23-24H,5-8H2,1-4H3,(H,25,26)/t13-,14-. The zero-order valence-electron chi connectivity index (χ0n) is 18.1. The third-order valence-corrected chi connectivity index (χ3v) is 8.10. The van der Waals surface area contributed by atoms with Gasteiger partial charge in [-0.3, -0.25) is 0 Å². The summed E-state index contributed by atoms with van der Waals surface area (Å²) >= 11 is 1.49. The zero-order chi connectivity index (χ0) is 22.8. The van der Waals surface area contributed by atoms with Crippen molar-refractivity contribution in [1.82, 2.24) is 15.0 Å². The summed E-state index contributed by atoms with van der Waals surface area (Å²) in [5.74, 6) is 0.712. The molecule has 170 valence electrons. The van der Waals surface area contributed by atoms with E-state index in [0.29, 0.717) is 11.3 Å². The first kappa shape index (κ1) is 23.5. The first-order chi connectivity index (χ1) is 14.5. The second-order valence-corrected chi connectivity index (χ2v) is 11.5. The Balaban J connectivity index is 1.88. The van der Waals surface area contributed by atoms with Crippen LogP contribution in [0.1, 0.15) is 57.4 Å². The van der Waals surface area contributed by atoms with Crippen molar-refractivity contribution in [3.05, 3.63) is 29.4 Å². The fourth-order valence-corrected chi connectivity index (χ4v) is 6.62. The number of nitrogens with zero attached hydrogens (tertiary/aromatic N) is 1. The second-order valence-electron chi connectivity index (χ2n) is 8.78. The van der Waals surface area contributed by atoms with E-state index in [0.717, 1.165) is 35.6 Å². The summed E-state index contributed by atoms with van der Waals surface area (Å²) in [7, 11) is -2.28. The monoisotopic (exact) mass is 467 g/mol. The Morgan fingerprint density at radius 1 is 1.23 bits per heavy atom. The van der Waals surface area contributed by atoms with Gasteiger partial charge in [-0.15, -0.1) is 11.3 Å². The quantitative estimate of drug-likeness (QED) is 0.586. The molecule has 0 saturated heterocycles. The first-order valence-electron chi connectivity index (χ1n) is 10.2. The molecule has 8 nitrogen and oxygen atoms in total. The number of hydrogen-bond acceptors (Lipinski definition) is 6. The van der Waals surface area contributed by atoms with Gasteiger partial charge in [-0.2, -0.15) is 0 Å². The number of carboxylic acid groups (broad SMARTS) is 1. The summed E-state index contributed by atoms with van der Waals surface area (Å²) in [4.78, 5) is 16.4. The minimum Gasteiger partial charge on any atom is -0.497 e. The normalized spacial score (nSPS) is 19.7. The SMILES string of the molecule is COc1ccc(-c2cnc([C@H]3CC[C@H](NC(=O)O)CC3)s2)c(S(=O)(=O)NC(C)(C)C)c1. The molecule has 1 aromatic heterocycles. The van der Waals surface area contributed by atoms with E-state index in [1.54, 1.807) is 39.1 Å². The van der Waals surface area contributed by atoms with Crippen LogP contribution in [0.5, 0.6) is 5.75 Å². The predicted octanol–water partition coefficient (Wildman–Crippen LogP) is 4.19. The maximum atomic E-state index is 13.1. The topological polar surface area (TPSA) is 118 Å². The number of ether oxygens (including phenoxy) is 1. The van der Waals surface area contributed by atoms with E-state index < -0.39 is 21.7 Å². The lowest BCUT2D eigenvalue weighted by Gasteiger charge is -2.27. The van der Waals surface area contributed by atoms with Crippen molar-refractivity contribution in [2.24, 2.45) is 0 Å². The Morgan fingerprint density at radius 2 is 1.90 bits per heavy atom. The van der Waals surface area contributed by atoms with Crippen molar-refractivity contribution >= 4 is 27.5 Å². The summed E-state index contributed by atoms with van der Waals surface area (Å²) in [5, 5.41) is 12.4. The smallest absolute Gasteiger partial charge is 0.404 e. The first-order valence-corrected chi connectivity index (χ1v) is 12.5. The summed E-state index contributed by atoms with van der Waals surface area (Å²) in [6.45, 7) is 5.39. The van der Waals surface area contributed by atoms with Crippen LogP contribution < -0.4 is 14.8 Å². The van der Waals surface area contributed by atoms with Gasteiger partial charge in [0.25, 0.3) is 0 Å². The third kappa shape index (κ3) is 5.96. The van der Waals surface area contributed by atoms with Crippen LogP contribution in [0.15, 0.2) is 29.3 Å². The average Bonchev–Trinajstić information content (AvgIpc) is 3.16. The zero-order valence-corrected chi connectivity index (χ0v) is 19.8. The number of nitrogens with one attached hydrogen (secondary N) is 2. The van der Waals surface area contributed by atoms with Crippen molar-refractivity contribution in [3.8, 4) is 16.2 Å². The van der Waals surface area contributed by atoms with Gasteiger partial charge in [0.05, 0.1) is 21.9 Å². The van der Waals surface area contributed by atoms with E-state index in [4.69, 9.17) is 9.84 Å². The van der Waals surface area contributed by atoms with Gasteiger partial charge in [-0.25, -0.2) is 22.9 Å². The van der Waals surface area contributed by atoms with Crippen molar-refractivity contribution < 1.29 is 23.1 Å². The van der Waals surface area contributed by atoms with Crippen molar-refractivity contribution in [2.45, 2.75) is 68.8 Å². The van der Waals surface area contributed by atoms with Crippen LogP contribution in [-0.4, -0.2) is 43.3 Å². The summed E-state index contributed by atoms with van der Waals surface area (Å²) in [5.41, 5.74) is -0.0387. The predicted molar refractivity (Wildman–Crippen MR) is 120 cm³/mol. The molecule has 0 atom stereocenters. The molecule has 3 rings (SSSR count). The number of rotatable bonds is 6. The number of methoxy groups -OCH3 is 1. The van der Waals surface area contributed by atoms with Gasteiger partial charge in [-0.1, -0.05) is 0 Å². The summed E-state index contributed by atoms with van der Waals surface area (Å²) in [6, 6.07) is 5.01. The molecule has 1 amide bonds. The Bertz CT molecular complexity index is 1040. The molecule has 0 aliphatic heterocycles. The molecule has 1 saturated carbocycles. The van der Waals surface area contributed by atoms with Gasteiger partial charge in [0, 0.05) is 35.3 Å². The molecule has 1 aromatic carbocycles. The molecule has 31 heavy (non-hydrogen) atoms. The third-order valence-electron chi connectivity index (χ3n) is 5.11. The number of benzene rings is 1. The van der Waals surface area contributed by atoms with Gasteiger partial charge in [0.2, 0.25) is 10.0 Å². The molecule has 1 fully saturated rings. The lowest BCUT2D eigenvalue weighted by atomic mass is 9.86. The van der Waals surface area contributed by atoms with Crippen molar-refractivity contribution in [3.63, 3.8) is 0 Å². The molecule has 0 radical (unpaired) electrons. The van der Waals surface area contributed by atoms with Gasteiger partial charge < -0.3 is 15.2 Å². The number of aromatic nitrogens is 1. The number of thiazole rings is 1. The molecule has 3 N–H and O–H groups in total. The van der Waals surface area contributed by atoms with Gasteiger partial charge in [-0.05, 0) is 58.6 Å². The average molecular weight is 468 g/mol. The Morgan fingerprint density at radius 3 is 2.48 bits per heavy atom. The molecular weight excluding hydrogens is 438 g/mol. The molecule has 0 spiro atoms. The molecule has 2 aromatic rings. The highest BCUT2D eigenvalue weighted by Crippen LogP contribution is 2.40. The fourth-order valence-electron chi connectivity index (χ4n) is 3.77.